The van der Waals surface area contributed by atoms with Gasteiger partial charge in [0.1, 0.15) is 11.6 Å². The fourth-order valence-corrected chi connectivity index (χ4v) is 2.58. The second kappa shape index (κ2) is 6.93. The maximum atomic E-state index is 13.4. The summed E-state index contributed by atoms with van der Waals surface area (Å²) in [6.07, 6.45) is 1.64. The van der Waals surface area contributed by atoms with Gasteiger partial charge < -0.3 is 10.8 Å². The topological polar surface area (TPSA) is 46.2 Å². The first kappa shape index (κ1) is 14.4. The molecule has 0 aliphatic heterocycles. The summed E-state index contributed by atoms with van der Waals surface area (Å²) in [4.78, 5) is 0.190. The Balaban J connectivity index is 2.76. The normalized spacial score (nSPS) is 14.6. The molecule has 2 atom stereocenters. The fraction of sp³-hybridized carbons (Fsp3) is 0.500. The van der Waals surface area contributed by atoms with Gasteiger partial charge in [-0.05, 0) is 24.6 Å². The number of aliphatic hydroxyl groups is 1. The van der Waals surface area contributed by atoms with Crippen molar-refractivity contribution in [2.75, 3.05) is 6.61 Å². The maximum Gasteiger partial charge on any atom is 0.136 e. The van der Waals surface area contributed by atoms with Gasteiger partial charge in [-0.1, -0.05) is 13.3 Å². The Morgan fingerprint density at radius 3 is 2.71 bits per heavy atom. The van der Waals surface area contributed by atoms with Crippen molar-refractivity contribution >= 4 is 11.8 Å². The van der Waals surface area contributed by atoms with Crippen LogP contribution in [0.1, 0.15) is 19.8 Å². The minimum atomic E-state index is -0.491. The summed E-state index contributed by atoms with van der Waals surface area (Å²) >= 11 is 1.09. The lowest BCUT2D eigenvalue weighted by Crippen LogP contribution is -2.34. The predicted molar refractivity (Wildman–Crippen MR) is 66.0 cm³/mol. The SMILES string of the molecule is CCCC(N)C(CO)Sc1cc(F)ccc1F. The third-order valence-electron chi connectivity index (χ3n) is 2.45. The second-order valence-electron chi connectivity index (χ2n) is 3.87. The number of thioether (sulfide) groups is 1. The van der Waals surface area contributed by atoms with Gasteiger partial charge in [-0.15, -0.1) is 11.8 Å². The fourth-order valence-electron chi connectivity index (χ4n) is 1.51. The molecule has 0 amide bonds. The van der Waals surface area contributed by atoms with Crippen molar-refractivity contribution in [1.29, 1.82) is 0 Å². The molecule has 0 saturated carbocycles. The van der Waals surface area contributed by atoms with Crippen molar-refractivity contribution in [1.82, 2.24) is 0 Å². The summed E-state index contributed by atoms with van der Waals surface area (Å²) in [5, 5.41) is 8.91. The Morgan fingerprint density at radius 2 is 2.12 bits per heavy atom. The largest absolute Gasteiger partial charge is 0.395 e. The zero-order valence-corrected chi connectivity index (χ0v) is 10.5. The van der Waals surface area contributed by atoms with Crippen molar-refractivity contribution < 1.29 is 13.9 Å². The number of rotatable bonds is 6. The standard InChI is InChI=1S/C12H17F2NOS/c1-2-3-10(15)12(7-16)17-11-6-8(13)4-5-9(11)14/h4-6,10,12,16H,2-3,7,15H2,1H3. The molecule has 0 aromatic heterocycles. The third kappa shape index (κ3) is 4.26. The Labute approximate surface area is 104 Å². The van der Waals surface area contributed by atoms with E-state index in [1.54, 1.807) is 0 Å². The van der Waals surface area contributed by atoms with E-state index in [1.165, 1.54) is 0 Å². The van der Waals surface area contributed by atoms with Crippen molar-refractivity contribution in [3.05, 3.63) is 29.8 Å². The zero-order valence-electron chi connectivity index (χ0n) is 9.70. The van der Waals surface area contributed by atoms with Gasteiger partial charge >= 0.3 is 0 Å². The van der Waals surface area contributed by atoms with Crippen LogP contribution in [0.2, 0.25) is 0 Å². The van der Waals surface area contributed by atoms with E-state index in [1.807, 2.05) is 6.92 Å². The molecule has 0 fully saturated rings. The quantitative estimate of drug-likeness (QED) is 0.774. The molecule has 1 rings (SSSR count). The Morgan fingerprint density at radius 1 is 1.41 bits per heavy atom. The molecule has 0 aliphatic rings. The zero-order chi connectivity index (χ0) is 12.8. The number of hydrogen-bond acceptors (Lipinski definition) is 3. The molecular formula is C12H17F2NOS. The molecule has 1 aromatic carbocycles. The molecule has 3 N–H and O–H groups in total. The van der Waals surface area contributed by atoms with Crippen LogP contribution < -0.4 is 5.73 Å². The van der Waals surface area contributed by atoms with E-state index in [9.17, 15) is 13.9 Å². The number of hydrogen-bond donors (Lipinski definition) is 2. The number of nitrogens with two attached hydrogens (primary N) is 1. The highest BCUT2D eigenvalue weighted by atomic mass is 32.2. The van der Waals surface area contributed by atoms with Gasteiger partial charge in [0, 0.05) is 16.2 Å². The van der Waals surface area contributed by atoms with Gasteiger partial charge in [0.2, 0.25) is 0 Å². The highest BCUT2D eigenvalue weighted by molar-refractivity contribution is 8.00. The molecule has 0 radical (unpaired) electrons. The van der Waals surface area contributed by atoms with Crippen LogP contribution in [0.25, 0.3) is 0 Å². The van der Waals surface area contributed by atoms with Crippen LogP contribution in [0.4, 0.5) is 8.78 Å². The third-order valence-corrected chi connectivity index (χ3v) is 3.82. The van der Waals surface area contributed by atoms with Gasteiger partial charge in [0.05, 0.1) is 6.61 Å². The first-order valence-electron chi connectivity index (χ1n) is 5.56. The second-order valence-corrected chi connectivity index (χ2v) is 5.15. The molecular weight excluding hydrogens is 244 g/mol. The first-order chi connectivity index (χ1) is 8.08. The molecule has 96 valence electrons. The average molecular weight is 261 g/mol. The van der Waals surface area contributed by atoms with Crippen LogP contribution in [0, 0.1) is 11.6 Å². The summed E-state index contributed by atoms with van der Waals surface area (Å²) in [5.74, 6) is -0.979. The lowest BCUT2D eigenvalue weighted by atomic mass is 10.1. The molecule has 0 heterocycles. The van der Waals surface area contributed by atoms with E-state index < -0.39 is 11.6 Å². The van der Waals surface area contributed by atoms with E-state index in [0.717, 1.165) is 42.8 Å². The van der Waals surface area contributed by atoms with E-state index in [2.05, 4.69) is 0 Å². The van der Waals surface area contributed by atoms with Crippen LogP contribution in [0.3, 0.4) is 0 Å². The summed E-state index contributed by atoms with van der Waals surface area (Å²) in [5.41, 5.74) is 5.88. The number of benzene rings is 1. The van der Waals surface area contributed by atoms with E-state index in [0.29, 0.717) is 0 Å². The van der Waals surface area contributed by atoms with E-state index in [-0.39, 0.29) is 22.8 Å². The molecule has 0 spiro atoms. The van der Waals surface area contributed by atoms with E-state index in [4.69, 9.17) is 5.73 Å². The van der Waals surface area contributed by atoms with Gasteiger partial charge in [-0.2, -0.15) is 0 Å². The Kier molecular flexibility index (Phi) is 5.88. The van der Waals surface area contributed by atoms with Crippen LogP contribution >= 0.6 is 11.8 Å². The Hall–Kier alpha value is -0.650. The van der Waals surface area contributed by atoms with Crippen LogP contribution in [-0.4, -0.2) is 23.0 Å². The number of aliphatic hydroxyl groups excluding tert-OH is 1. The lowest BCUT2D eigenvalue weighted by Gasteiger charge is -2.21. The van der Waals surface area contributed by atoms with Crippen molar-refractivity contribution in [3.8, 4) is 0 Å². The summed E-state index contributed by atoms with van der Waals surface area (Å²) in [6, 6.07) is 3.05. The highest BCUT2D eigenvalue weighted by Crippen LogP contribution is 2.28. The van der Waals surface area contributed by atoms with Crippen LogP contribution in [0.15, 0.2) is 23.1 Å². The molecule has 2 nitrogen and oxygen atoms in total. The molecule has 0 aliphatic carbocycles. The van der Waals surface area contributed by atoms with Crippen molar-refractivity contribution in [2.24, 2.45) is 5.73 Å². The molecule has 2 unspecified atom stereocenters. The lowest BCUT2D eigenvalue weighted by molar-refractivity contribution is 0.279. The first-order valence-corrected chi connectivity index (χ1v) is 6.44. The smallest absolute Gasteiger partial charge is 0.136 e. The van der Waals surface area contributed by atoms with E-state index >= 15 is 0 Å². The maximum absolute atomic E-state index is 13.4. The predicted octanol–water partition coefficient (Wildman–Crippen LogP) is 2.55. The van der Waals surface area contributed by atoms with Gasteiger partial charge in [0.15, 0.2) is 0 Å². The van der Waals surface area contributed by atoms with Gasteiger partial charge in [0.25, 0.3) is 0 Å². The molecule has 0 bridgehead atoms. The number of halogens is 2. The van der Waals surface area contributed by atoms with Crippen molar-refractivity contribution in [3.63, 3.8) is 0 Å². The van der Waals surface area contributed by atoms with Crippen molar-refractivity contribution in [2.45, 2.75) is 36.0 Å². The Bertz CT molecular complexity index is 362. The minimum absolute atomic E-state index is 0.151. The minimum Gasteiger partial charge on any atom is -0.395 e. The highest BCUT2D eigenvalue weighted by Gasteiger charge is 2.19. The summed E-state index contributed by atoms with van der Waals surface area (Å²) in [6.45, 7) is 1.84. The molecule has 17 heavy (non-hydrogen) atoms. The van der Waals surface area contributed by atoms with Crippen LogP contribution in [-0.2, 0) is 0 Å². The molecule has 5 heteroatoms. The summed E-state index contributed by atoms with van der Waals surface area (Å²) < 4.78 is 26.4. The molecule has 0 saturated heterocycles. The molecule has 1 aromatic rings. The van der Waals surface area contributed by atoms with Crippen LogP contribution in [0.5, 0.6) is 0 Å². The summed E-state index contributed by atoms with van der Waals surface area (Å²) in [7, 11) is 0. The average Bonchev–Trinajstić information content (AvgIpc) is 2.30. The van der Waals surface area contributed by atoms with Gasteiger partial charge in [-0.25, -0.2) is 8.78 Å². The monoisotopic (exact) mass is 261 g/mol. The van der Waals surface area contributed by atoms with Gasteiger partial charge in [-0.3, -0.25) is 0 Å².